The van der Waals surface area contributed by atoms with Gasteiger partial charge in [-0.25, -0.2) is 8.78 Å². The number of rotatable bonds is 5. The lowest BCUT2D eigenvalue weighted by atomic mass is 10.2. The molecule has 0 saturated heterocycles. The Morgan fingerprint density at radius 3 is 2.31 bits per heavy atom. The first kappa shape index (κ1) is 13.6. The zero-order valence-corrected chi connectivity index (χ0v) is 11.1. The van der Waals surface area contributed by atoms with Crippen LogP contribution in [0, 0.1) is 11.6 Å². The van der Waals surface area contributed by atoms with Gasteiger partial charge in [-0.1, -0.05) is 22.9 Å². The third-order valence-corrected chi connectivity index (χ3v) is 2.74. The fraction of sp³-hybridized carbons (Fsp3) is 0.500. The van der Waals surface area contributed by atoms with E-state index in [2.05, 4.69) is 22.9 Å². The zero-order chi connectivity index (χ0) is 12.1. The van der Waals surface area contributed by atoms with Gasteiger partial charge in [0.25, 0.3) is 0 Å². The van der Waals surface area contributed by atoms with Crippen LogP contribution in [0.25, 0.3) is 0 Å². The van der Waals surface area contributed by atoms with E-state index in [1.54, 1.807) is 0 Å². The second-order valence-corrected chi connectivity index (χ2v) is 5.65. The highest BCUT2D eigenvalue weighted by molar-refractivity contribution is 9.09. The second kappa shape index (κ2) is 6.30. The zero-order valence-electron chi connectivity index (χ0n) is 9.51. The van der Waals surface area contributed by atoms with Crippen molar-refractivity contribution in [2.75, 3.05) is 13.6 Å². The molecule has 0 amide bonds. The lowest BCUT2D eigenvalue weighted by molar-refractivity contribution is 0.321. The summed E-state index contributed by atoms with van der Waals surface area (Å²) in [4.78, 5) is 2.51. The van der Waals surface area contributed by atoms with Crippen molar-refractivity contribution in [1.82, 2.24) is 4.90 Å². The van der Waals surface area contributed by atoms with Gasteiger partial charge >= 0.3 is 0 Å². The van der Waals surface area contributed by atoms with Crippen molar-refractivity contribution in [3.05, 3.63) is 35.4 Å². The lowest BCUT2D eigenvalue weighted by Crippen LogP contribution is -2.21. The lowest BCUT2D eigenvalue weighted by Gasteiger charge is -2.17. The van der Waals surface area contributed by atoms with Gasteiger partial charge in [-0.3, -0.25) is 0 Å². The predicted octanol–water partition coefficient (Wildman–Crippen LogP) is 3.57. The van der Waals surface area contributed by atoms with E-state index < -0.39 is 11.6 Å². The Kier molecular flexibility index (Phi) is 5.35. The topological polar surface area (TPSA) is 3.24 Å². The number of alkyl halides is 1. The number of hydrogen-bond donors (Lipinski definition) is 0. The standard InChI is InChI=1S/C12H16BrF2N/c1-9(13)3-4-16(2)8-10-5-11(14)7-12(15)6-10/h5-7,9H,3-4,8H2,1-2H3. The largest absolute Gasteiger partial charge is 0.302 e. The van der Waals surface area contributed by atoms with E-state index in [0.29, 0.717) is 16.9 Å². The Morgan fingerprint density at radius 1 is 1.25 bits per heavy atom. The van der Waals surface area contributed by atoms with Crippen molar-refractivity contribution in [3.63, 3.8) is 0 Å². The predicted molar refractivity (Wildman–Crippen MR) is 65.7 cm³/mol. The number of halogens is 3. The molecular formula is C12H16BrF2N. The van der Waals surface area contributed by atoms with Crippen molar-refractivity contribution < 1.29 is 8.78 Å². The van der Waals surface area contributed by atoms with Crippen molar-refractivity contribution in [2.45, 2.75) is 24.7 Å². The molecule has 0 radical (unpaired) electrons. The Balaban J connectivity index is 2.52. The minimum absolute atomic E-state index is 0.458. The molecule has 0 fully saturated rings. The number of hydrogen-bond acceptors (Lipinski definition) is 1. The van der Waals surface area contributed by atoms with Crippen LogP contribution < -0.4 is 0 Å². The number of nitrogens with zero attached hydrogens (tertiary/aromatic N) is 1. The van der Waals surface area contributed by atoms with Crippen LogP contribution in [0.1, 0.15) is 18.9 Å². The van der Waals surface area contributed by atoms with Crippen LogP contribution in [0.15, 0.2) is 18.2 Å². The molecule has 1 atom stereocenters. The van der Waals surface area contributed by atoms with Gasteiger partial charge in [0.2, 0.25) is 0 Å². The first-order chi connectivity index (χ1) is 7.47. The quantitative estimate of drug-likeness (QED) is 0.750. The first-order valence-electron chi connectivity index (χ1n) is 5.25. The summed E-state index contributed by atoms with van der Waals surface area (Å²) in [6, 6.07) is 3.64. The highest BCUT2D eigenvalue weighted by Crippen LogP contribution is 2.11. The molecule has 16 heavy (non-hydrogen) atoms. The summed E-state index contributed by atoms with van der Waals surface area (Å²) in [5.74, 6) is -1.03. The van der Waals surface area contributed by atoms with Crippen molar-refractivity contribution in [1.29, 1.82) is 0 Å². The van der Waals surface area contributed by atoms with Gasteiger partial charge in [0.15, 0.2) is 0 Å². The van der Waals surface area contributed by atoms with Gasteiger partial charge in [0, 0.05) is 17.4 Å². The molecule has 90 valence electrons. The Bertz CT molecular complexity index is 322. The van der Waals surface area contributed by atoms with Crippen molar-refractivity contribution in [3.8, 4) is 0 Å². The normalized spacial score (nSPS) is 13.1. The van der Waals surface area contributed by atoms with E-state index >= 15 is 0 Å². The molecule has 0 N–H and O–H groups in total. The molecule has 0 aliphatic heterocycles. The Hall–Kier alpha value is -0.480. The molecule has 0 spiro atoms. The van der Waals surface area contributed by atoms with E-state index in [4.69, 9.17) is 0 Å². The molecule has 1 nitrogen and oxygen atoms in total. The van der Waals surface area contributed by atoms with Crippen molar-refractivity contribution >= 4 is 15.9 Å². The molecular weight excluding hydrogens is 276 g/mol. The Labute approximate surface area is 104 Å². The molecule has 0 bridgehead atoms. The summed E-state index contributed by atoms with van der Waals surface area (Å²) in [5.41, 5.74) is 0.669. The average molecular weight is 292 g/mol. The summed E-state index contributed by atoms with van der Waals surface area (Å²) in [6.07, 6.45) is 1.01. The second-order valence-electron chi connectivity index (χ2n) is 4.08. The van der Waals surface area contributed by atoms with E-state index in [-0.39, 0.29) is 0 Å². The van der Waals surface area contributed by atoms with Crippen LogP contribution in [0.5, 0.6) is 0 Å². The van der Waals surface area contributed by atoms with Gasteiger partial charge in [0.05, 0.1) is 0 Å². The van der Waals surface area contributed by atoms with Crippen LogP contribution >= 0.6 is 15.9 Å². The van der Waals surface area contributed by atoms with Crippen LogP contribution in [-0.2, 0) is 6.54 Å². The fourth-order valence-electron chi connectivity index (χ4n) is 1.49. The van der Waals surface area contributed by atoms with Crippen LogP contribution in [0.4, 0.5) is 8.78 Å². The smallest absolute Gasteiger partial charge is 0.126 e. The van der Waals surface area contributed by atoms with Crippen LogP contribution in [-0.4, -0.2) is 23.3 Å². The maximum Gasteiger partial charge on any atom is 0.126 e. The van der Waals surface area contributed by atoms with Gasteiger partial charge in [-0.05, 0) is 37.7 Å². The molecule has 0 aliphatic rings. The molecule has 0 aromatic heterocycles. The summed E-state index contributed by atoms with van der Waals surface area (Å²) in [5, 5.41) is 0. The fourth-order valence-corrected chi connectivity index (χ4v) is 1.70. The molecule has 1 aromatic carbocycles. The van der Waals surface area contributed by atoms with E-state index in [0.717, 1.165) is 19.0 Å². The molecule has 0 aliphatic carbocycles. The summed E-state index contributed by atoms with van der Waals surface area (Å²) >= 11 is 3.46. The Morgan fingerprint density at radius 2 is 1.81 bits per heavy atom. The molecule has 1 rings (SSSR count). The highest BCUT2D eigenvalue weighted by Gasteiger charge is 2.05. The van der Waals surface area contributed by atoms with Gasteiger partial charge < -0.3 is 4.90 Å². The first-order valence-corrected chi connectivity index (χ1v) is 6.16. The average Bonchev–Trinajstić information content (AvgIpc) is 2.12. The van der Waals surface area contributed by atoms with E-state index in [9.17, 15) is 8.78 Å². The molecule has 1 aromatic rings. The monoisotopic (exact) mass is 291 g/mol. The molecule has 0 heterocycles. The summed E-state index contributed by atoms with van der Waals surface area (Å²) in [7, 11) is 1.94. The van der Waals surface area contributed by atoms with Crippen molar-refractivity contribution in [2.24, 2.45) is 0 Å². The van der Waals surface area contributed by atoms with Gasteiger partial charge in [-0.2, -0.15) is 0 Å². The maximum atomic E-state index is 12.9. The minimum Gasteiger partial charge on any atom is -0.302 e. The highest BCUT2D eigenvalue weighted by atomic mass is 79.9. The van der Waals surface area contributed by atoms with Crippen LogP contribution in [0.2, 0.25) is 0 Å². The van der Waals surface area contributed by atoms with Crippen LogP contribution in [0.3, 0.4) is 0 Å². The minimum atomic E-state index is -0.516. The van der Waals surface area contributed by atoms with E-state index in [1.807, 2.05) is 11.9 Å². The van der Waals surface area contributed by atoms with E-state index in [1.165, 1.54) is 12.1 Å². The SMILES string of the molecule is CC(Br)CCN(C)Cc1cc(F)cc(F)c1. The summed E-state index contributed by atoms with van der Waals surface area (Å²) < 4.78 is 25.9. The van der Waals surface area contributed by atoms with Gasteiger partial charge in [0.1, 0.15) is 11.6 Å². The maximum absolute atomic E-state index is 12.9. The molecule has 1 unspecified atom stereocenters. The number of benzene rings is 1. The summed E-state index contributed by atoms with van der Waals surface area (Å²) in [6.45, 7) is 3.54. The third kappa shape index (κ3) is 5.03. The third-order valence-electron chi connectivity index (χ3n) is 2.28. The molecule has 0 saturated carbocycles. The molecule has 4 heteroatoms. The van der Waals surface area contributed by atoms with Gasteiger partial charge in [-0.15, -0.1) is 0 Å².